The summed E-state index contributed by atoms with van der Waals surface area (Å²) < 4.78 is 28.0. The van der Waals surface area contributed by atoms with Gasteiger partial charge in [-0.3, -0.25) is 10.1 Å². The Labute approximate surface area is 178 Å². The minimum Gasteiger partial charge on any atom is -0.299 e. The maximum Gasteiger partial charge on any atom is 0.244 e. The number of anilines is 1. The minimum atomic E-state index is -3.83. The number of carbonyl (C=O) groups is 1. The molecule has 10 heteroatoms. The monoisotopic (exact) mass is 450 g/mol. The van der Waals surface area contributed by atoms with E-state index < -0.39 is 22.0 Å². The van der Waals surface area contributed by atoms with E-state index in [4.69, 9.17) is 0 Å². The average Bonchev–Trinajstić information content (AvgIpc) is 3.32. The van der Waals surface area contributed by atoms with Gasteiger partial charge in [-0.2, -0.15) is 16.1 Å². The number of rotatable bonds is 8. The van der Waals surface area contributed by atoms with E-state index in [-0.39, 0.29) is 10.8 Å². The molecule has 1 aromatic carbocycles. The summed E-state index contributed by atoms with van der Waals surface area (Å²) in [6.45, 7) is 5.74. The van der Waals surface area contributed by atoms with Gasteiger partial charge >= 0.3 is 0 Å². The number of amides is 1. The number of aryl methyl sites for hydroxylation is 1. The van der Waals surface area contributed by atoms with Gasteiger partial charge in [0.25, 0.3) is 0 Å². The lowest BCUT2D eigenvalue weighted by atomic mass is 10.0. The van der Waals surface area contributed by atoms with Gasteiger partial charge in [0.1, 0.15) is 11.0 Å². The van der Waals surface area contributed by atoms with E-state index in [0.717, 1.165) is 11.1 Å². The second kappa shape index (κ2) is 9.12. The van der Waals surface area contributed by atoms with Gasteiger partial charge in [0.2, 0.25) is 21.1 Å². The maximum absolute atomic E-state index is 12.8. The lowest BCUT2D eigenvalue weighted by Gasteiger charge is -2.19. The van der Waals surface area contributed by atoms with E-state index in [1.807, 2.05) is 37.6 Å². The SMILES string of the molecule is Cc1ccc(S(=O)(=O)NC(CC(C)C)C(=O)Nc2nnc(-c3ccsc3)s2)cc1. The first-order chi connectivity index (χ1) is 13.7. The van der Waals surface area contributed by atoms with Gasteiger partial charge in [-0.15, -0.1) is 10.2 Å². The summed E-state index contributed by atoms with van der Waals surface area (Å²) in [4.78, 5) is 12.9. The zero-order valence-corrected chi connectivity index (χ0v) is 18.7. The molecule has 2 heterocycles. The van der Waals surface area contributed by atoms with Gasteiger partial charge in [-0.1, -0.05) is 42.9 Å². The lowest BCUT2D eigenvalue weighted by Crippen LogP contribution is -2.44. The molecular formula is C19H22N4O3S3. The number of benzene rings is 1. The molecule has 0 bridgehead atoms. The second-order valence-electron chi connectivity index (χ2n) is 7.03. The van der Waals surface area contributed by atoms with Crippen LogP contribution in [0.15, 0.2) is 46.0 Å². The van der Waals surface area contributed by atoms with Crippen LogP contribution in [0.2, 0.25) is 0 Å². The molecule has 3 rings (SSSR count). The zero-order valence-electron chi connectivity index (χ0n) is 16.2. The van der Waals surface area contributed by atoms with Crippen LogP contribution < -0.4 is 10.0 Å². The van der Waals surface area contributed by atoms with Gasteiger partial charge in [0, 0.05) is 10.9 Å². The van der Waals surface area contributed by atoms with Crippen molar-refractivity contribution in [1.82, 2.24) is 14.9 Å². The molecule has 2 N–H and O–H groups in total. The maximum atomic E-state index is 12.8. The Morgan fingerprint density at radius 1 is 1.14 bits per heavy atom. The number of nitrogens with zero attached hydrogens (tertiary/aromatic N) is 2. The Morgan fingerprint density at radius 3 is 2.48 bits per heavy atom. The van der Waals surface area contributed by atoms with Crippen LogP contribution in [0.1, 0.15) is 25.8 Å². The zero-order chi connectivity index (χ0) is 21.0. The van der Waals surface area contributed by atoms with E-state index in [9.17, 15) is 13.2 Å². The van der Waals surface area contributed by atoms with Crippen molar-refractivity contribution >= 4 is 43.7 Å². The van der Waals surface area contributed by atoms with Gasteiger partial charge in [0.15, 0.2) is 0 Å². The van der Waals surface area contributed by atoms with Gasteiger partial charge in [0.05, 0.1) is 4.90 Å². The van der Waals surface area contributed by atoms with E-state index in [2.05, 4.69) is 20.2 Å². The number of carbonyl (C=O) groups excluding carboxylic acids is 1. The summed E-state index contributed by atoms with van der Waals surface area (Å²) in [5.41, 5.74) is 1.89. The smallest absolute Gasteiger partial charge is 0.244 e. The van der Waals surface area contributed by atoms with Crippen LogP contribution in [-0.2, 0) is 14.8 Å². The molecule has 0 radical (unpaired) electrons. The first kappa shape index (κ1) is 21.6. The summed E-state index contributed by atoms with van der Waals surface area (Å²) >= 11 is 2.80. The third kappa shape index (κ3) is 5.69. The molecule has 3 aromatic rings. The van der Waals surface area contributed by atoms with Crippen molar-refractivity contribution in [1.29, 1.82) is 0 Å². The number of hydrogen-bond acceptors (Lipinski definition) is 7. The summed E-state index contributed by atoms with van der Waals surface area (Å²) in [6.07, 6.45) is 0.354. The van der Waals surface area contributed by atoms with Crippen LogP contribution in [0, 0.1) is 12.8 Å². The quantitative estimate of drug-likeness (QED) is 0.542. The molecule has 1 atom stereocenters. The Morgan fingerprint density at radius 2 is 1.86 bits per heavy atom. The highest BCUT2D eigenvalue weighted by molar-refractivity contribution is 7.89. The number of aromatic nitrogens is 2. The Kier molecular flexibility index (Phi) is 6.78. The van der Waals surface area contributed by atoms with Gasteiger partial charge in [-0.25, -0.2) is 8.42 Å². The molecule has 1 amide bonds. The summed E-state index contributed by atoms with van der Waals surface area (Å²) in [5.74, 6) is -0.343. The molecule has 7 nitrogen and oxygen atoms in total. The van der Waals surface area contributed by atoms with Crippen molar-refractivity contribution in [2.45, 2.75) is 38.1 Å². The van der Waals surface area contributed by atoms with Crippen LogP contribution in [-0.4, -0.2) is 30.6 Å². The van der Waals surface area contributed by atoms with Crippen LogP contribution >= 0.6 is 22.7 Å². The predicted molar refractivity (Wildman–Crippen MR) is 117 cm³/mol. The summed E-state index contributed by atoms with van der Waals surface area (Å²) in [7, 11) is -3.83. The van der Waals surface area contributed by atoms with Crippen LogP contribution in [0.25, 0.3) is 10.6 Å². The molecule has 2 aromatic heterocycles. The molecule has 0 aliphatic rings. The van der Waals surface area contributed by atoms with Crippen molar-refractivity contribution < 1.29 is 13.2 Å². The highest BCUT2D eigenvalue weighted by Crippen LogP contribution is 2.28. The first-order valence-corrected chi connectivity index (χ1v) is 12.2. The molecule has 0 spiro atoms. The first-order valence-electron chi connectivity index (χ1n) is 9.00. The van der Waals surface area contributed by atoms with Crippen LogP contribution in [0.3, 0.4) is 0 Å². The fraction of sp³-hybridized carbons (Fsp3) is 0.316. The van der Waals surface area contributed by atoms with E-state index in [0.29, 0.717) is 16.6 Å². The normalized spacial score (nSPS) is 12.8. The molecule has 154 valence electrons. The largest absolute Gasteiger partial charge is 0.299 e. The molecule has 0 aliphatic heterocycles. The Bertz CT molecular complexity index is 1060. The highest BCUT2D eigenvalue weighted by atomic mass is 32.2. The standard InChI is InChI=1S/C19H22N4O3S3/c1-12(2)10-16(23-29(25,26)15-6-4-13(3)5-7-15)17(24)20-19-22-21-18(28-19)14-8-9-27-11-14/h4-9,11-12,16,23H,10H2,1-3H3,(H,20,22,24). The van der Waals surface area contributed by atoms with Crippen LogP contribution in [0.5, 0.6) is 0 Å². The fourth-order valence-corrected chi connectivity index (χ4v) is 5.29. The predicted octanol–water partition coefficient (Wildman–Crippen LogP) is 3.91. The van der Waals surface area contributed by atoms with E-state index >= 15 is 0 Å². The topological polar surface area (TPSA) is 101 Å². The summed E-state index contributed by atoms with van der Waals surface area (Å²) in [6, 6.07) is 7.50. The van der Waals surface area contributed by atoms with Crippen molar-refractivity contribution in [3.63, 3.8) is 0 Å². The average molecular weight is 451 g/mol. The second-order valence-corrected chi connectivity index (χ2v) is 10.5. The Hall–Kier alpha value is -2.14. The number of nitrogens with one attached hydrogen (secondary N) is 2. The van der Waals surface area contributed by atoms with Crippen molar-refractivity contribution in [3.8, 4) is 10.6 Å². The highest BCUT2D eigenvalue weighted by Gasteiger charge is 2.27. The number of thiophene rings is 1. The van der Waals surface area contributed by atoms with Gasteiger partial charge in [-0.05, 0) is 42.8 Å². The van der Waals surface area contributed by atoms with E-state index in [1.54, 1.807) is 23.5 Å². The molecule has 0 saturated carbocycles. The molecule has 1 unspecified atom stereocenters. The van der Waals surface area contributed by atoms with Crippen molar-refractivity contribution in [2.75, 3.05) is 5.32 Å². The molecular weight excluding hydrogens is 428 g/mol. The van der Waals surface area contributed by atoms with Crippen molar-refractivity contribution in [3.05, 3.63) is 46.7 Å². The molecule has 0 fully saturated rings. The summed E-state index contributed by atoms with van der Waals surface area (Å²) in [5, 5.41) is 15.7. The Balaban J connectivity index is 1.75. The third-order valence-corrected chi connectivity index (χ3v) is 7.13. The number of hydrogen-bond donors (Lipinski definition) is 2. The van der Waals surface area contributed by atoms with Gasteiger partial charge < -0.3 is 0 Å². The van der Waals surface area contributed by atoms with Crippen LogP contribution in [0.4, 0.5) is 5.13 Å². The lowest BCUT2D eigenvalue weighted by molar-refractivity contribution is -0.118. The minimum absolute atomic E-state index is 0.113. The van der Waals surface area contributed by atoms with E-state index in [1.165, 1.54) is 23.5 Å². The fourth-order valence-electron chi connectivity index (χ4n) is 2.62. The third-order valence-electron chi connectivity index (χ3n) is 4.08. The molecule has 0 aliphatic carbocycles. The molecule has 29 heavy (non-hydrogen) atoms. The number of sulfonamides is 1. The van der Waals surface area contributed by atoms with Crippen molar-refractivity contribution in [2.24, 2.45) is 5.92 Å². The molecule has 0 saturated heterocycles.